The Kier molecular flexibility index (Phi) is 3.37. The minimum atomic E-state index is -0.262. The lowest BCUT2D eigenvalue weighted by atomic mass is 10.1. The molecule has 1 aromatic carbocycles. The van der Waals surface area contributed by atoms with Gasteiger partial charge in [-0.2, -0.15) is 0 Å². The molecule has 1 N–H and O–H groups in total. The number of rotatable bonds is 4. The molecule has 102 valence electrons. The second kappa shape index (κ2) is 5.33. The minimum absolute atomic E-state index is 0.262. The maximum absolute atomic E-state index is 12.2. The molecule has 4 nitrogen and oxygen atoms in total. The van der Waals surface area contributed by atoms with E-state index in [1.807, 2.05) is 24.3 Å². The number of H-pyrrole nitrogens is 1. The molecule has 0 unspecified atom stereocenters. The van der Waals surface area contributed by atoms with Crippen LogP contribution in [0, 0.1) is 0 Å². The lowest BCUT2D eigenvalue weighted by Crippen LogP contribution is -2.06. The number of hydrogen-bond donors (Lipinski definition) is 1. The number of nitrogens with one attached hydrogen (secondary N) is 1. The van der Waals surface area contributed by atoms with Gasteiger partial charge >= 0.3 is 5.97 Å². The molecule has 0 aliphatic carbocycles. The van der Waals surface area contributed by atoms with E-state index < -0.39 is 0 Å². The molecule has 20 heavy (non-hydrogen) atoms. The zero-order chi connectivity index (χ0) is 13.9. The van der Waals surface area contributed by atoms with Gasteiger partial charge in [0.15, 0.2) is 0 Å². The van der Waals surface area contributed by atoms with Crippen LogP contribution in [-0.2, 0) is 4.74 Å². The van der Waals surface area contributed by atoms with Gasteiger partial charge in [0.05, 0.1) is 23.9 Å². The highest BCUT2D eigenvalue weighted by Crippen LogP contribution is 2.28. The van der Waals surface area contributed by atoms with Crippen molar-refractivity contribution in [3.63, 3.8) is 0 Å². The van der Waals surface area contributed by atoms with E-state index in [-0.39, 0.29) is 5.97 Å². The van der Waals surface area contributed by atoms with Crippen LogP contribution < -0.4 is 0 Å². The molecule has 0 amide bonds. The molecule has 0 aliphatic rings. The van der Waals surface area contributed by atoms with Crippen LogP contribution in [-0.4, -0.2) is 22.5 Å². The highest BCUT2D eigenvalue weighted by Gasteiger charge is 2.15. The number of carbonyl (C=O) groups excluding carboxylic acids is 1. The second-order valence-corrected chi connectivity index (χ2v) is 4.76. The summed E-state index contributed by atoms with van der Waals surface area (Å²) in [4.78, 5) is 19.6. The van der Waals surface area contributed by atoms with Crippen molar-refractivity contribution in [2.75, 3.05) is 6.61 Å². The summed E-state index contributed by atoms with van der Waals surface area (Å²) in [5, 5.41) is 1.91. The first-order valence-electron chi connectivity index (χ1n) is 6.83. The molecule has 2 aromatic heterocycles. The van der Waals surface area contributed by atoms with Gasteiger partial charge < -0.3 is 9.72 Å². The summed E-state index contributed by atoms with van der Waals surface area (Å²) in [7, 11) is 0. The largest absolute Gasteiger partial charge is 0.462 e. The molecule has 0 spiro atoms. The summed E-state index contributed by atoms with van der Waals surface area (Å²) in [6, 6.07) is 7.54. The number of aromatic nitrogens is 2. The Morgan fingerprint density at radius 3 is 3.05 bits per heavy atom. The number of nitrogens with zero attached hydrogens (tertiary/aromatic N) is 1. The lowest BCUT2D eigenvalue weighted by molar-refractivity contribution is 0.0502. The van der Waals surface area contributed by atoms with Gasteiger partial charge in [-0.05, 0) is 24.6 Å². The standard InChI is InChI=1S/C16H16N2O2/c1-2-3-9-20-16(19)12-5-4-6-13-15(12)11-7-8-17-10-14(11)18-13/h4-8,10,18H,2-3,9H2,1H3. The Morgan fingerprint density at radius 1 is 1.30 bits per heavy atom. The molecular weight excluding hydrogens is 252 g/mol. The first-order chi connectivity index (χ1) is 9.81. The highest BCUT2D eigenvalue weighted by molar-refractivity contribution is 6.16. The maximum Gasteiger partial charge on any atom is 0.338 e. The van der Waals surface area contributed by atoms with Gasteiger partial charge in [-0.25, -0.2) is 4.79 Å². The average Bonchev–Trinajstić information content (AvgIpc) is 2.85. The van der Waals surface area contributed by atoms with Crippen LogP contribution in [0.5, 0.6) is 0 Å². The molecule has 0 aliphatic heterocycles. The predicted octanol–water partition coefficient (Wildman–Crippen LogP) is 3.67. The van der Waals surface area contributed by atoms with Crippen molar-refractivity contribution in [1.82, 2.24) is 9.97 Å². The fraction of sp³-hybridized carbons (Fsp3) is 0.250. The summed E-state index contributed by atoms with van der Waals surface area (Å²) < 4.78 is 5.33. The van der Waals surface area contributed by atoms with Crippen molar-refractivity contribution >= 4 is 27.8 Å². The number of esters is 1. The quantitative estimate of drug-likeness (QED) is 0.580. The molecule has 0 fully saturated rings. The van der Waals surface area contributed by atoms with Crippen molar-refractivity contribution in [3.05, 3.63) is 42.2 Å². The molecule has 4 heteroatoms. The third-order valence-corrected chi connectivity index (χ3v) is 3.38. The number of hydrogen-bond acceptors (Lipinski definition) is 3. The van der Waals surface area contributed by atoms with Crippen LogP contribution in [0.3, 0.4) is 0 Å². The van der Waals surface area contributed by atoms with Crippen molar-refractivity contribution in [3.8, 4) is 0 Å². The van der Waals surface area contributed by atoms with Gasteiger partial charge in [-0.15, -0.1) is 0 Å². The van der Waals surface area contributed by atoms with Crippen LogP contribution in [0.4, 0.5) is 0 Å². The molecule has 0 atom stereocenters. The SMILES string of the molecule is CCCCOC(=O)c1cccc2[nH]c3cnccc3c12. The van der Waals surface area contributed by atoms with Crippen LogP contribution in [0.2, 0.25) is 0 Å². The summed E-state index contributed by atoms with van der Waals surface area (Å²) in [5.74, 6) is -0.262. The van der Waals surface area contributed by atoms with Gasteiger partial charge in [-0.3, -0.25) is 4.98 Å². The molecule has 2 heterocycles. The van der Waals surface area contributed by atoms with Crippen LogP contribution in [0.1, 0.15) is 30.1 Å². The Hall–Kier alpha value is -2.36. The molecule has 0 saturated heterocycles. The predicted molar refractivity (Wildman–Crippen MR) is 78.8 cm³/mol. The minimum Gasteiger partial charge on any atom is -0.462 e. The number of carbonyl (C=O) groups is 1. The van der Waals surface area contributed by atoms with Gasteiger partial charge in [-0.1, -0.05) is 19.4 Å². The van der Waals surface area contributed by atoms with E-state index in [1.54, 1.807) is 12.4 Å². The summed E-state index contributed by atoms with van der Waals surface area (Å²) in [5.41, 5.74) is 2.46. The lowest BCUT2D eigenvalue weighted by Gasteiger charge is -2.05. The van der Waals surface area contributed by atoms with Crippen molar-refractivity contribution in [1.29, 1.82) is 0 Å². The van der Waals surface area contributed by atoms with E-state index in [1.165, 1.54) is 0 Å². The Morgan fingerprint density at radius 2 is 2.20 bits per heavy atom. The van der Waals surface area contributed by atoms with Crippen molar-refractivity contribution < 1.29 is 9.53 Å². The monoisotopic (exact) mass is 268 g/mol. The van der Waals surface area contributed by atoms with E-state index in [0.717, 1.165) is 34.6 Å². The normalized spacial score (nSPS) is 11.1. The first-order valence-corrected chi connectivity index (χ1v) is 6.83. The Labute approximate surface area is 116 Å². The van der Waals surface area contributed by atoms with Crippen molar-refractivity contribution in [2.45, 2.75) is 19.8 Å². The average molecular weight is 268 g/mol. The molecular formula is C16H16N2O2. The van der Waals surface area contributed by atoms with E-state index >= 15 is 0 Å². The maximum atomic E-state index is 12.2. The van der Waals surface area contributed by atoms with E-state index in [2.05, 4.69) is 16.9 Å². The van der Waals surface area contributed by atoms with Crippen molar-refractivity contribution in [2.24, 2.45) is 0 Å². The fourth-order valence-electron chi connectivity index (χ4n) is 2.36. The van der Waals surface area contributed by atoms with Gasteiger partial charge in [0.2, 0.25) is 0 Å². The molecule has 3 rings (SSSR count). The number of benzene rings is 1. The van der Waals surface area contributed by atoms with E-state index in [9.17, 15) is 4.79 Å². The fourth-order valence-corrected chi connectivity index (χ4v) is 2.36. The number of fused-ring (bicyclic) bond motifs is 3. The number of aromatic amines is 1. The first kappa shape index (κ1) is 12.7. The molecule has 3 aromatic rings. The van der Waals surface area contributed by atoms with E-state index in [4.69, 9.17) is 4.74 Å². The third kappa shape index (κ3) is 2.13. The topological polar surface area (TPSA) is 55.0 Å². The molecule has 0 radical (unpaired) electrons. The van der Waals surface area contributed by atoms with Crippen LogP contribution >= 0.6 is 0 Å². The summed E-state index contributed by atoms with van der Waals surface area (Å²) in [6.07, 6.45) is 5.39. The molecule has 0 bridgehead atoms. The second-order valence-electron chi connectivity index (χ2n) is 4.76. The number of unbranched alkanes of at least 4 members (excludes halogenated alkanes) is 1. The van der Waals surface area contributed by atoms with Gasteiger partial charge in [0.25, 0.3) is 0 Å². The van der Waals surface area contributed by atoms with Gasteiger partial charge in [0, 0.05) is 22.5 Å². The number of pyridine rings is 1. The van der Waals surface area contributed by atoms with Gasteiger partial charge in [0.1, 0.15) is 0 Å². The summed E-state index contributed by atoms with van der Waals surface area (Å²) >= 11 is 0. The number of ether oxygens (including phenoxy) is 1. The zero-order valence-corrected chi connectivity index (χ0v) is 11.3. The Bertz CT molecular complexity index is 761. The summed E-state index contributed by atoms with van der Waals surface area (Å²) in [6.45, 7) is 2.54. The molecule has 0 saturated carbocycles. The van der Waals surface area contributed by atoms with Crippen LogP contribution in [0.25, 0.3) is 21.8 Å². The highest BCUT2D eigenvalue weighted by atomic mass is 16.5. The Balaban J connectivity index is 2.08. The third-order valence-electron chi connectivity index (χ3n) is 3.38. The van der Waals surface area contributed by atoms with Crippen LogP contribution in [0.15, 0.2) is 36.7 Å². The zero-order valence-electron chi connectivity index (χ0n) is 11.3. The van der Waals surface area contributed by atoms with E-state index in [0.29, 0.717) is 12.2 Å². The smallest absolute Gasteiger partial charge is 0.338 e.